The van der Waals surface area contributed by atoms with Crippen molar-refractivity contribution < 1.29 is 0 Å². The standard InChI is InChI=1S/C15H26BrN3S/c1-11(17)14(13-8-12(16)9-20-13)19(4)10-15(18(2)3)6-5-7-15/h8-9,11,14H,5-7,10,17H2,1-4H3. The fraction of sp³-hybridized carbons (Fsp3) is 0.733. The Bertz CT molecular complexity index is 440. The molecule has 5 heteroatoms. The maximum absolute atomic E-state index is 6.27. The highest BCUT2D eigenvalue weighted by Crippen LogP contribution is 2.39. The van der Waals surface area contributed by atoms with Gasteiger partial charge in [-0.3, -0.25) is 4.90 Å². The second-order valence-electron chi connectivity index (χ2n) is 6.36. The maximum atomic E-state index is 6.27. The molecule has 0 aromatic carbocycles. The van der Waals surface area contributed by atoms with E-state index in [2.05, 4.69) is 65.2 Å². The molecule has 0 radical (unpaired) electrons. The van der Waals surface area contributed by atoms with E-state index in [0.29, 0.717) is 11.6 Å². The smallest absolute Gasteiger partial charge is 0.0589 e. The SMILES string of the molecule is CC(N)C(c1cc(Br)cs1)N(C)CC1(N(C)C)CCC1. The summed E-state index contributed by atoms with van der Waals surface area (Å²) in [6, 6.07) is 2.63. The third-order valence-electron chi connectivity index (χ3n) is 4.63. The Morgan fingerprint density at radius 1 is 1.40 bits per heavy atom. The first kappa shape index (κ1) is 16.4. The van der Waals surface area contributed by atoms with E-state index in [9.17, 15) is 0 Å². The summed E-state index contributed by atoms with van der Waals surface area (Å²) in [5.41, 5.74) is 6.61. The van der Waals surface area contributed by atoms with Crippen molar-refractivity contribution >= 4 is 27.3 Å². The van der Waals surface area contributed by atoms with Crippen LogP contribution in [-0.4, -0.2) is 49.1 Å². The molecule has 1 aliphatic rings. The maximum Gasteiger partial charge on any atom is 0.0589 e. The van der Waals surface area contributed by atoms with Crippen LogP contribution in [0.1, 0.15) is 37.1 Å². The molecule has 2 atom stereocenters. The van der Waals surface area contributed by atoms with Gasteiger partial charge < -0.3 is 10.6 Å². The number of likely N-dealkylation sites (N-methyl/N-ethyl adjacent to an activating group) is 2. The van der Waals surface area contributed by atoms with Crippen molar-refractivity contribution in [2.75, 3.05) is 27.7 Å². The Balaban J connectivity index is 2.13. The number of nitrogens with two attached hydrogens (primary N) is 1. The summed E-state index contributed by atoms with van der Waals surface area (Å²) >= 11 is 5.34. The van der Waals surface area contributed by atoms with Gasteiger partial charge in [0, 0.05) is 32.9 Å². The molecule has 114 valence electrons. The molecule has 1 heterocycles. The lowest BCUT2D eigenvalue weighted by Gasteiger charge is -2.50. The Labute approximate surface area is 135 Å². The van der Waals surface area contributed by atoms with Gasteiger partial charge in [-0.05, 0) is 69.3 Å². The van der Waals surface area contributed by atoms with Crippen molar-refractivity contribution in [3.05, 3.63) is 20.8 Å². The second kappa shape index (κ2) is 6.44. The van der Waals surface area contributed by atoms with Crippen LogP contribution in [-0.2, 0) is 0 Å². The fourth-order valence-electron chi connectivity index (χ4n) is 3.26. The summed E-state index contributed by atoms with van der Waals surface area (Å²) in [6.45, 7) is 3.19. The molecule has 3 nitrogen and oxygen atoms in total. The summed E-state index contributed by atoms with van der Waals surface area (Å²) in [5, 5.41) is 2.14. The number of hydrogen-bond donors (Lipinski definition) is 1. The zero-order chi connectivity index (χ0) is 14.9. The van der Waals surface area contributed by atoms with Gasteiger partial charge in [0.15, 0.2) is 0 Å². The van der Waals surface area contributed by atoms with Crippen LogP contribution in [0, 0.1) is 0 Å². The summed E-state index contributed by atoms with van der Waals surface area (Å²) in [7, 11) is 6.62. The van der Waals surface area contributed by atoms with Crippen LogP contribution in [0.15, 0.2) is 15.9 Å². The van der Waals surface area contributed by atoms with Gasteiger partial charge in [0.25, 0.3) is 0 Å². The molecule has 2 rings (SSSR count). The molecule has 0 saturated heterocycles. The molecule has 0 spiro atoms. The van der Waals surface area contributed by atoms with Crippen LogP contribution in [0.3, 0.4) is 0 Å². The predicted molar refractivity (Wildman–Crippen MR) is 91.3 cm³/mol. The van der Waals surface area contributed by atoms with Crippen LogP contribution < -0.4 is 5.73 Å². The van der Waals surface area contributed by atoms with E-state index in [1.165, 1.54) is 24.1 Å². The van der Waals surface area contributed by atoms with Crippen LogP contribution in [0.25, 0.3) is 0 Å². The molecular formula is C15H26BrN3S. The van der Waals surface area contributed by atoms with Gasteiger partial charge >= 0.3 is 0 Å². The van der Waals surface area contributed by atoms with Crippen molar-refractivity contribution in [1.29, 1.82) is 0 Å². The molecule has 1 aromatic heterocycles. The van der Waals surface area contributed by atoms with Crippen LogP contribution in [0.4, 0.5) is 0 Å². The monoisotopic (exact) mass is 359 g/mol. The molecule has 1 saturated carbocycles. The van der Waals surface area contributed by atoms with Gasteiger partial charge in [0.1, 0.15) is 0 Å². The molecule has 0 amide bonds. The van der Waals surface area contributed by atoms with Crippen molar-refractivity contribution in [3.8, 4) is 0 Å². The van der Waals surface area contributed by atoms with E-state index in [-0.39, 0.29) is 6.04 Å². The predicted octanol–water partition coefficient (Wildman–Crippen LogP) is 3.32. The van der Waals surface area contributed by atoms with Crippen molar-refractivity contribution in [2.24, 2.45) is 5.73 Å². The lowest BCUT2D eigenvalue weighted by Crippen LogP contribution is -2.57. The largest absolute Gasteiger partial charge is 0.326 e. The number of hydrogen-bond acceptors (Lipinski definition) is 4. The Morgan fingerprint density at radius 2 is 2.05 bits per heavy atom. The minimum atomic E-state index is 0.129. The van der Waals surface area contributed by atoms with Crippen LogP contribution in [0.2, 0.25) is 0 Å². The van der Waals surface area contributed by atoms with Gasteiger partial charge in [0.05, 0.1) is 6.04 Å². The highest BCUT2D eigenvalue weighted by molar-refractivity contribution is 9.10. The number of nitrogens with zero attached hydrogens (tertiary/aromatic N) is 2. The van der Waals surface area contributed by atoms with Crippen LogP contribution >= 0.6 is 27.3 Å². The van der Waals surface area contributed by atoms with Gasteiger partial charge in [-0.1, -0.05) is 0 Å². The van der Waals surface area contributed by atoms with Gasteiger partial charge in [-0.15, -0.1) is 11.3 Å². The van der Waals surface area contributed by atoms with Gasteiger partial charge in [-0.2, -0.15) is 0 Å². The number of thiophene rings is 1. The second-order valence-corrected chi connectivity index (χ2v) is 8.22. The Morgan fingerprint density at radius 3 is 2.40 bits per heavy atom. The highest BCUT2D eigenvalue weighted by atomic mass is 79.9. The van der Waals surface area contributed by atoms with Crippen molar-refractivity contribution in [3.63, 3.8) is 0 Å². The van der Waals surface area contributed by atoms with E-state index >= 15 is 0 Å². The lowest BCUT2D eigenvalue weighted by atomic mass is 9.75. The molecule has 0 aliphatic heterocycles. The van der Waals surface area contributed by atoms with Gasteiger partial charge in [-0.25, -0.2) is 0 Å². The zero-order valence-electron chi connectivity index (χ0n) is 12.9. The summed E-state index contributed by atoms with van der Waals surface area (Å²) in [6.07, 6.45) is 3.94. The molecule has 20 heavy (non-hydrogen) atoms. The molecule has 1 aliphatic carbocycles. The number of halogens is 1. The topological polar surface area (TPSA) is 32.5 Å². The first-order valence-corrected chi connectivity index (χ1v) is 8.90. The van der Waals surface area contributed by atoms with Gasteiger partial charge in [0.2, 0.25) is 0 Å². The molecule has 2 unspecified atom stereocenters. The Hall–Kier alpha value is 0.0600. The van der Waals surface area contributed by atoms with E-state index in [1.807, 2.05) is 0 Å². The summed E-state index contributed by atoms with van der Waals surface area (Å²) < 4.78 is 1.16. The van der Waals surface area contributed by atoms with E-state index in [1.54, 1.807) is 11.3 Å². The van der Waals surface area contributed by atoms with Crippen molar-refractivity contribution in [1.82, 2.24) is 9.80 Å². The molecule has 1 fully saturated rings. The molecule has 2 N–H and O–H groups in total. The molecule has 1 aromatic rings. The first-order valence-electron chi connectivity index (χ1n) is 7.23. The lowest BCUT2D eigenvalue weighted by molar-refractivity contribution is 0.0135. The summed E-state index contributed by atoms with van der Waals surface area (Å²) in [4.78, 5) is 6.19. The summed E-state index contributed by atoms with van der Waals surface area (Å²) in [5.74, 6) is 0. The quantitative estimate of drug-likeness (QED) is 0.845. The third-order valence-corrected chi connectivity index (χ3v) is 6.39. The minimum absolute atomic E-state index is 0.129. The average molecular weight is 360 g/mol. The molecule has 0 bridgehead atoms. The Kier molecular flexibility index (Phi) is 5.29. The fourth-order valence-corrected chi connectivity index (χ4v) is 4.98. The van der Waals surface area contributed by atoms with E-state index in [4.69, 9.17) is 5.73 Å². The zero-order valence-corrected chi connectivity index (χ0v) is 15.3. The van der Waals surface area contributed by atoms with E-state index < -0.39 is 0 Å². The third kappa shape index (κ3) is 3.28. The van der Waals surface area contributed by atoms with Crippen molar-refractivity contribution in [2.45, 2.75) is 43.8 Å². The van der Waals surface area contributed by atoms with Crippen LogP contribution in [0.5, 0.6) is 0 Å². The normalized spacial score (nSPS) is 21.0. The number of rotatable bonds is 6. The highest BCUT2D eigenvalue weighted by Gasteiger charge is 2.41. The van der Waals surface area contributed by atoms with E-state index in [0.717, 1.165) is 11.0 Å². The average Bonchev–Trinajstić information content (AvgIpc) is 2.69. The first-order chi connectivity index (χ1) is 9.35. The minimum Gasteiger partial charge on any atom is -0.326 e. The molecular weight excluding hydrogens is 334 g/mol.